The number of hydrogen-bond donors (Lipinski definition) is 1. The molecule has 0 aliphatic heterocycles. The van der Waals surface area contributed by atoms with Crippen molar-refractivity contribution in [3.63, 3.8) is 0 Å². The Hall–Kier alpha value is -2.21. The van der Waals surface area contributed by atoms with E-state index in [1.165, 1.54) is 11.3 Å². The van der Waals surface area contributed by atoms with Gasteiger partial charge in [-0.15, -0.1) is 11.3 Å². The van der Waals surface area contributed by atoms with Crippen LogP contribution in [0.15, 0.2) is 42.0 Å². The Bertz CT molecular complexity index is 599. The number of hydrogen-bond acceptors (Lipinski definition) is 4. The van der Waals surface area contributed by atoms with Crippen molar-refractivity contribution in [2.75, 3.05) is 20.1 Å². The average molecular weight is 317 g/mol. The van der Waals surface area contributed by atoms with Crippen molar-refractivity contribution >= 4 is 23.2 Å². The predicted octanol–water partition coefficient (Wildman–Crippen LogP) is 1.50. The third-order valence-corrected chi connectivity index (χ3v) is 4.14. The maximum atomic E-state index is 12.0. The second-order valence-electron chi connectivity index (χ2n) is 4.95. The molecular weight excluding hydrogens is 298 g/mol. The van der Waals surface area contributed by atoms with Crippen LogP contribution in [-0.4, -0.2) is 41.8 Å². The normalized spacial score (nSPS) is 10.2. The van der Waals surface area contributed by atoms with E-state index in [-0.39, 0.29) is 18.4 Å². The van der Waals surface area contributed by atoms with Crippen molar-refractivity contribution in [1.29, 1.82) is 0 Å². The topological polar surface area (TPSA) is 62.3 Å². The molecule has 0 saturated carbocycles. The number of carbonyl (C=O) groups is 2. The summed E-state index contributed by atoms with van der Waals surface area (Å²) in [4.78, 5) is 30.3. The zero-order valence-corrected chi connectivity index (χ0v) is 13.3. The fourth-order valence-corrected chi connectivity index (χ4v) is 2.62. The molecule has 0 spiro atoms. The number of rotatable bonds is 7. The number of nitrogens with one attached hydrogen (secondary N) is 1. The first-order chi connectivity index (χ1) is 10.6. The van der Waals surface area contributed by atoms with Crippen LogP contribution in [0.5, 0.6) is 0 Å². The molecule has 5 nitrogen and oxygen atoms in total. The molecule has 6 heteroatoms. The van der Waals surface area contributed by atoms with Gasteiger partial charge >= 0.3 is 0 Å². The maximum absolute atomic E-state index is 12.0. The molecule has 0 fully saturated rings. The molecule has 0 aromatic carbocycles. The van der Waals surface area contributed by atoms with Crippen LogP contribution in [-0.2, 0) is 22.4 Å². The molecule has 2 heterocycles. The van der Waals surface area contributed by atoms with Gasteiger partial charge in [-0.2, -0.15) is 0 Å². The Morgan fingerprint density at radius 1 is 1.27 bits per heavy atom. The van der Waals surface area contributed by atoms with Crippen molar-refractivity contribution < 1.29 is 9.59 Å². The molecular formula is C16H19N3O2S. The fraction of sp³-hybridized carbons (Fsp3) is 0.312. The van der Waals surface area contributed by atoms with Gasteiger partial charge in [0.1, 0.15) is 0 Å². The quantitative estimate of drug-likeness (QED) is 0.842. The summed E-state index contributed by atoms with van der Waals surface area (Å²) in [6, 6.07) is 7.68. The van der Waals surface area contributed by atoms with Crippen LogP contribution in [0.2, 0.25) is 0 Å². The van der Waals surface area contributed by atoms with Crippen LogP contribution in [0.4, 0.5) is 0 Å². The molecule has 0 aliphatic carbocycles. The molecule has 2 aromatic rings. The Labute approximate surface area is 134 Å². The molecule has 0 atom stereocenters. The highest BCUT2D eigenvalue weighted by Crippen LogP contribution is 2.08. The van der Waals surface area contributed by atoms with Crippen molar-refractivity contribution in [1.82, 2.24) is 15.2 Å². The minimum absolute atomic E-state index is 0.0387. The van der Waals surface area contributed by atoms with E-state index in [0.29, 0.717) is 13.0 Å². The van der Waals surface area contributed by atoms with Gasteiger partial charge in [0.15, 0.2) is 0 Å². The molecule has 2 aromatic heterocycles. The summed E-state index contributed by atoms with van der Waals surface area (Å²) in [5, 5.41) is 4.60. The highest BCUT2D eigenvalue weighted by molar-refractivity contribution is 7.10. The zero-order valence-electron chi connectivity index (χ0n) is 12.5. The lowest BCUT2D eigenvalue weighted by molar-refractivity contribution is -0.131. The van der Waals surface area contributed by atoms with E-state index in [9.17, 15) is 9.59 Å². The smallest absolute Gasteiger partial charge is 0.241 e. The molecule has 2 rings (SSSR count). The fourth-order valence-electron chi connectivity index (χ4n) is 1.91. The lowest BCUT2D eigenvalue weighted by Gasteiger charge is -2.17. The van der Waals surface area contributed by atoms with Crippen molar-refractivity contribution in [3.05, 3.63) is 52.5 Å². The Morgan fingerprint density at radius 2 is 2.05 bits per heavy atom. The van der Waals surface area contributed by atoms with Gasteiger partial charge in [0.25, 0.3) is 0 Å². The lowest BCUT2D eigenvalue weighted by atomic mass is 10.2. The first-order valence-corrected chi connectivity index (χ1v) is 7.95. The van der Waals surface area contributed by atoms with E-state index < -0.39 is 0 Å². The van der Waals surface area contributed by atoms with Gasteiger partial charge in [0, 0.05) is 30.9 Å². The van der Waals surface area contributed by atoms with Gasteiger partial charge in [-0.25, -0.2) is 0 Å². The average Bonchev–Trinajstić information content (AvgIpc) is 3.04. The summed E-state index contributed by atoms with van der Waals surface area (Å²) in [6.07, 6.45) is 4.57. The van der Waals surface area contributed by atoms with Crippen molar-refractivity contribution in [2.45, 2.75) is 12.8 Å². The van der Waals surface area contributed by atoms with E-state index in [1.54, 1.807) is 24.3 Å². The number of pyridine rings is 1. The molecule has 0 aliphatic rings. The summed E-state index contributed by atoms with van der Waals surface area (Å²) in [7, 11) is 1.74. The second kappa shape index (κ2) is 8.29. The van der Waals surface area contributed by atoms with Crippen LogP contribution < -0.4 is 5.32 Å². The first kappa shape index (κ1) is 16.2. The van der Waals surface area contributed by atoms with Crippen molar-refractivity contribution in [2.24, 2.45) is 0 Å². The zero-order chi connectivity index (χ0) is 15.8. The summed E-state index contributed by atoms with van der Waals surface area (Å²) in [5.41, 5.74) is 1.14. The second-order valence-corrected chi connectivity index (χ2v) is 5.99. The van der Waals surface area contributed by atoms with Gasteiger partial charge < -0.3 is 10.2 Å². The third kappa shape index (κ3) is 5.29. The Balaban J connectivity index is 1.68. The number of amides is 2. The number of aromatic nitrogens is 1. The molecule has 2 amide bonds. The highest BCUT2D eigenvalue weighted by Gasteiger charge is 2.11. The molecule has 0 unspecified atom stereocenters. The minimum Gasteiger partial charge on any atom is -0.347 e. The summed E-state index contributed by atoms with van der Waals surface area (Å²) >= 11 is 1.54. The molecule has 22 heavy (non-hydrogen) atoms. The summed E-state index contributed by atoms with van der Waals surface area (Å²) < 4.78 is 0. The third-order valence-electron chi connectivity index (χ3n) is 3.26. The number of likely N-dealkylation sites (N-methyl/N-ethyl adjacent to an activating group) is 1. The lowest BCUT2D eigenvalue weighted by Crippen LogP contribution is -2.39. The molecule has 116 valence electrons. The molecule has 1 N–H and O–H groups in total. The number of nitrogens with zero attached hydrogens (tertiary/aromatic N) is 2. The monoisotopic (exact) mass is 317 g/mol. The first-order valence-electron chi connectivity index (χ1n) is 7.07. The summed E-state index contributed by atoms with van der Waals surface area (Å²) in [5.74, 6) is -0.216. The number of thiophene rings is 1. The standard InChI is InChI=1S/C16H19N3O2S/c1-19(9-6-13-4-7-17-8-5-13)16(21)12-18-15(20)11-14-3-2-10-22-14/h2-5,7-8,10H,6,9,11-12H2,1H3,(H,18,20). The van der Waals surface area contributed by atoms with Crippen LogP contribution in [0.1, 0.15) is 10.4 Å². The van der Waals surface area contributed by atoms with E-state index in [4.69, 9.17) is 0 Å². The van der Waals surface area contributed by atoms with Gasteiger partial charge in [-0.1, -0.05) is 6.07 Å². The van der Waals surface area contributed by atoms with Gasteiger partial charge in [-0.3, -0.25) is 14.6 Å². The predicted molar refractivity (Wildman–Crippen MR) is 86.6 cm³/mol. The molecule has 0 radical (unpaired) electrons. The van der Waals surface area contributed by atoms with Crippen molar-refractivity contribution in [3.8, 4) is 0 Å². The van der Waals surface area contributed by atoms with E-state index in [1.807, 2.05) is 29.6 Å². The van der Waals surface area contributed by atoms with Crippen LogP contribution in [0, 0.1) is 0 Å². The highest BCUT2D eigenvalue weighted by atomic mass is 32.1. The Kier molecular flexibility index (Phi) is 6.09. The number of carbonyl (C=O) groups excluding carboxylic acids is 2. The van der Waals surface area contributed by atoms with Crippen LogP contribution in [0.25, 0.3) is 0 Å². The van der Waals surface area contributed by atoms with Gasteiger partial charge in [0.2, 0.25) is 11.8 Å². The SMILES string of the molecule is CN(CCc1ccncc1)C(=O)CNC(=O)Cc1cccs1. The largest absolute Gasteiger partial charge is 0.347 e. The van der Waals surface area contributed by atoms with Crippen LogP contribution >= 0.6 is 11.3 Å². The van der Waals surface area contributed by atoms with E-state index in [2.05, 4.69) is 10.3 Å². The Morgan fingerprint density at radius 3 is 2.73 bits per heavy atom. The minimum atomic E-state index is -0.127. The molecule has 0 saturated heterocycles. The maximum Gasteiger partial charge on any atom is 0.241 e. The van der Waals surface area contributed by atoms with Crippen LogP contribution in [0.3, 0.4) is 0 Å². The van der Waals surface area contributed by atoms with E-state index in [0.717, 1.165) is 16.9 Å². The van der Waals surface area contributed by atoms with E-state index >= 15 is 0 Å². The molecule has 0 bridgehead atoms. The summed E-state index contributed by atoms with van der Waals surface area (Å²) in [6.45, 7) is 0.653. The van der Waals surface area contributed by atoms with Gasteiger partial charge in [-0.05, 0) is 35.6 Å². The van der Waals surface area contributed by atoms with Gasteiger partial charge in [0.05, 0.1) is 13.0 Å².